The van der Waals surface area contributed by atoms with Gasteiger partial charge in [-0.3, -0.25) is 4.79 Å². The lowest BCUT2D eigenvalue weighted by Crippen LogP contribution is -2.41. The van der Waals surface area contributed by atoms with Crippen LogP contribution >= 0.6 is 11.5 Å². The standard InChI is InChI=1S/C9H12N4O2S/c1-5-7(16-12-10-5)8-11-13(6(2)14)9(3,4)15-8/h1-4H3. The molecule has 0 fully saturated rings. The maximum absolute atomic E-state index is 11.4. The molecule has 6 nitrogen and oxygen atoms in total. The molecule has 16 heavy (non-hydrogen) atoms. The summed E-state index contributed by atoms with van der Waals surface area (Å²) in [5.74, 6) is 0.253. The number of aryl methyl sites for hydroxylation is 1. The predicted molar refractivity (Wildman–Crippen MR) is 58.9 cm³/mol. The van der Waals surface area contributed by atoms with Crippen LogP contribution in [-0.4, -0.2) is 32.1 Å². The average molecular weight is 240 g/mol. The van der Waals surface area contributed by atoms with Crippen LogP contribution in [0.25, 0.3) is 0 Å². The minimum absolute atomic E-state index is 0.157. The van der Waals surface area contributed by atoms with Gasteiger partial charge in [0.2, 0.25) is 11.6 Å². The van der Waals surface area contributed by atoms with E-state index >= 15 is 0 Å². The second-order valence-corrected chi connectivity index (χ2v) is 4.73. The lowest BCUT2D eigenvalue weighted by molar-refractivity contribution is -0.142. The highest BCUT2D eigenvalue weighted by Gasteiger charge is 2.39. The fourth-order valence-corrected chi connectivity index (χ4v) is 2.06. The fourth-order valence-electron chi connectivity index (χ4n) is 1.48. The molecule has 0 aromatic carbocycles. The van der Waals surface area contributed by atoms with E-state index in [1.165, 1.54) is 23.5 Å². The van der Waals surface area contributed by atoms with Crippen LogP contribution in [0.3, 0.4) is 0 Å². The van der Waals surface area contributed by atoms with Crippen LogP contribution in [0.15, 0.2) is 5.10 Å². The fraction of sp³-hybridized carbons (Fsp3) is 0.556. The first-order chi connectivity index (χ1) is 7.42. The number of aromatic nitrogens is 2. The van der Waals surface area contributed by atoms with Crippen molar-refractivity contribution in [2.24, 2.45) is 5.10 Å². The molecule has 0 saturated carbocycles. The molecule has 0 unspecified atom stereocenters. The molecule has 2 heterocycles. The molecule has 0 bridgehead atoms. The Morgan fingerprint density at radius 2 is 2.19 bits per heavy atom. The van der Waals surface area contributed by atoms with Gasteiger partial charge in [-0.15, -0.1) is 10.2 Å². The van der Waals surface area contributed by atoms with E-state index in [9.17, 15) is 4.79 Å². The number of carbonyl (C=O) groups excluding carboxylic acids is 1. The van der Waals surface area contributed by atoms with Gasteiger partial charge in [0.25, 0.3) is 5.90 Å². The summed E-state index contributed by atoms with van der Waals surface area (Å²) in [6, 6.07) is 0. The first-order valence-corrected chi connectivity index (χ1v) is 5.57. The summed E-state index contributed by atoms with van der Waals surface area (Å²) in [6.07, 6.45) is 0. The van der Waals surface area contributed by atoms with Crippen molar-refractivity contribution in [3.8, 4) is 0 Å². The van der Waals surface area contributed by atoms with Crippen molar-refractivity contribution >= 4 is 23.3 Å². The number of hydrazone groups is 1. The van der Waals surface area contributed by atoms with Gasteiger partial charge in [-0.2, -0.15) is 5.01 Å². The monoisotopic (exact) mass is 240 g/mol. The number of hydrogen-bond acceptors (Lipinski definition) is 6. The zero-order valence-electron chi connectivity index (χ0n) is 9.51. The Balaban J connectivity index is 2.37. The third-order valence-electron chi connectivity index (χ3n) is 2.19. The average Bonchev–Trinajstić information content (AvgIpc) is 2.68. The van der Waals surface area contributed by atoms with E-state index < -0.39 is 5.72 Å². The summed E-state index contributed by atoms with van der Waals surface area (Å²) in [7, 11) is 0. The minimum atomic E-state index is -0.752. The lowest BCUT2D eigenvalue weighted by atomic mass is 10.3. The van der Waals surface area contributed by atoms with Crippen LogP contribution in [0, 0.1) is 6.92 Å². The highest BCUT2D eigenvalue weighted by atomic mass is 32.1. The molecule has 1 amide bonds. The SMILES string of the molecule is CC(=O)N1N=C(c2snnc2C)OC1(C)C. The maximum Gasteiger partial charge on any atom is 0.254 e. The molecule has 2 rings (SSSR count). The Labute approximate surface area is 97.1 Å². The topological polar surface area (TPSA) is 67.7 Å². The van der Waals surface area contributed by atoms with Gasteiger partial charge in [-0.1, -0.05) is 4.49 Å². The summed E-state index contributed by atoms with van der Waals surface area (Å²) < 4.78 is 9.44. The number of nitrogens with zero attached hydrogens (tertiary/aromatic N) is 4. The molecule has 0 radical (unpaired) electrons. The van der Waals surface area contributed by atoms with Crippen molar-refractivity contribution in [1.82, 2.24) is 14.6 Å². The van der Waals surface area contributed by atoms with Crippen LogP contribution in [0.2, 0.25) is 0 Å². The Bertz CT molecular complexity index is 466. The largest absolute Gasteiger partial charge is 0.447 e. The van der Waals surface area contributed by atoms with Crippen LogP contribution in [0.5, 0.6) is 0 Å². The van der Waals surface area contributed by atoms with Crippen molar-refractivity contribution in [3.05, 3.63) is 10.6 Å². The molecule has 0 N–H and O–H groups in total. The summed E-state index contributed by atoms with van der Waals surface area (Å²) in [4.78, 5) is 12.1. The van der Waals surface area contributed by atoms with Crippen molar-refractivity contribution < 1.29 is 9.53 Å². The van der Waals surface area contributed by atoms with E-state index in [-0.39, 0.29) is 5.91 Å². The van der Waals surface area contributed by atoms with E-state index in [1.807, 2.05) is 6.92 Å². The first kappa shape index (κ1) is 11.0. The maximum atomic E-state index is 11.4. The highest BCUT2D eigenvalue weighted by molar-refractivity contribution is 7.08. The van der Waals surface area contributed by atoms with Gasteiger partial charge in [0.05, 0.1) is 5.69 Å². The van der Waals surface area contributed by atoms with Gasteiger partial charge >= 0.3 is 0 Å². The van der Waals surface area contributed by atoms with Gasteiger partial charge in [0.15, 0.2) is 0 Å². The third-order valence-corrected chi connectivity index (χ3v) is 3.01. The van der Waals surface area contributed by atoms with Crippen molar-refractivity contribution in [2.75, 3.05) is 0 Å². The number of hydrogen-bond donors (Lipinski definition) is 0. The third kappa shape index (κ3) is 1.67. The molecule has 1 aromatic rings. The lowest BCUT2D eigenvalue weighted by Gasteiger charge is -2.25. The Hall–Kier alpha value is -1.50. The van der Waals surface area contributed by atoms with E-state index in [0.29, 0.717) is 5.90 Å². The number of carbonyl (C=O) groups is 1. The number of amides is 1. The molecular weight excluding hydrogens is 228 g/mol. The molecule has 0 aliphatic carbocycles. The van der Waals surface area contributed by atoms with Gasteiger partial charge in [0, 0.05) is 6.92 Å². The molecule has 1 aliphatic heterocycles. The van der Waals surface area contributed by atoms with Crippen LogP contribution in [-0.2, 0) is 9.53 Å². The Kier molecular flexibility index (Phi) is 2.42. The van der Waals surface area contributed by atoms with Crippen molar-refractivity contribution in [2.45, 2.75) is 33.4 Å². The normalized spacial score (nSPS) is 18.2. The van der Waals surface area contributed by atoms with Gasteiger partial charge in [-0.25, -0.2) is 0 Å². The van der Waals surface area contributed by atoms with Crippen LogP contribution in [0.1, 0.15) is 31.3 Å². The first-order valence-electron chi connectivity index (χ1n) is 4.79. The van der Waals surface area contributed by atoms with Crippen LogP contribution < -0.4 is 0 Å². The second kappa shape index (κ2) is 3.51. The van der Waals surface area contributed by atoms with Crippen molar-refractivity contribution in [1.29, 1.82) is 0 Å². The van der Waals surface area contributed by atoms with Crippen LogP contribution in [0.4, 0.5) is 0 Å². The smallest absolute Gasteiger partial charge is 0.254 e. The van der Waals surface area contributed by atoms with E-state index in [4.69, 9.17) is 4.74 Å². The Morgan fingerprint density at radius 3 is 2.62 bits per heavy atom. The molecule has 0 atom stereocenters. The van der Waals surface area contributed by atoms with Gasteiger partial charge < -0.3 is 4.74 Å². The van der Waals surface area contributed by atoms with E-state index in [1.54, 1.807) is 13.8 Å². The summed E-state index contributed by atoms with van der Waals surface area (Å²) in [6.45, 7) is 6.85. The molecule has 86 valence electrons. The summed E-state index contributed by atoms with van der Waals surface area (Å²) in [5, 5.41) is 9.36. The minimum Gasteiger partial charge on any atom is -0.447 e. The summed E-state index contributed by atoms with van der Waals surface area (Å²) in [5.41, 5.74) is 0.00220. The molecule has 1 aromatic heterocycles. The predicted octanol–water partition coefficient (Wildman–Crippen LogP) is 1.12. The molecule has 1 aliphatic rings. The Morgan fingerprint density at radius 1 is 1.50 bits per heavy atom. The van der Waals surface area contributed by atoms with Crippen molar-refractivity contribution in [3.63, 3.8) is 0 Å². The number of rotatable bonds is 1. The molecule has 0 saturated heterocycles. The summed E-state index contributed by atoms with van der Waals surface area (Å²) >= 11 is 1.21. The van der Waals surface area contributed by atoms with Gasteiger partial charge in [-0.05, 0) is 32.3 Å². The molecule has 0 spiro atoms. The van der Waals surface area contributed by atoms with E-state index in [0.717, 1.165) is 10.6 Å². The quantitative estimate of drug-likeness (QED) is 0.737. The molecular formula is C9H12N4O2S. The van der Waals surface area contributed by atoms with E-state index in [2.05, 4.69) is 14.7 Å². The number of ether oxygens (including phenoxy) is 1. The zero-order valence-corrected chi connectivity index (χ0v) is 10.3. The zero-order chi connectivity index (χ0) is 11.9. The highest BCUT2D eigenvalue weighted by Crippen LogP contribution is 2.28. The molecule has 7 heteroatoms. The van der Waals surface area contributed by atoms with Gasteiger partial charge in [0.1, 0.15) is 4.88 Å². The second-order valence-electron chi connectivity index (χ2n) is 3.97.